The smallest absolute Gasteiger partial charge is 0.255 e. The van der Waals surface area contributed by atoms with E-state index in [1.165, 1.54) is 19.2 Å². The lowest BCUT2D eigenvalue weighted by Crippen LogP contribution is -2.52. The number of aromatic nitrogens is 2. The van der Waals surface area contributed by atoms with Crippen LogP contribution in [0.5, 0.6) is 0 Å². The van der Waals surface area contributed by atoms with Crippen LogP contribution in [0.4, 0.5) is 0 Å². The molecule has 1 aliphatic rings. The van der Waals surface area contributed by atoms with Gasteiger partial charge >= 0.3 is 0 Å². The van der Waals surface area contributed by atoms with Crippen molar-refractivity contribution in [1.82, 2.24) is 20.2 Å². The molecule has 0 saturated heterocycles. The van der Waals surface area contributed by atoms with Crippen molar-refractivity contribution in [2.75, 3.05) is 20.1 Å². The van der Waals surface area contributed by atoms with Crippen LogP contribution in [0.15, 0.2) is 6.33 Å². The summed E-state index contributed by atoms with van der Waals surface area (Å²) in [6, 6.07) is 0. The van der Waals surface area contributed by atoms with E-state index >= 15 is 0 Å². The molecule has 1 aromatic heterocycles. The number of aryl methyl sites for hydroxylation is 2. The van der Waals surface area contributed by atoms with Crippen molar-refractivity contribution in [2.24, 2.45) is 0 Å². The van der Waals surface area contributed by atoms with Crippen molar-refractivity contribution in [1.29, 1.82) is 0 Å². The molecule has 2 rings (SSSR count). The first kappa shape index (κ1) is 15.9. The van der Waals surface area contributed by atoms with Gasteiger partial charge in [0.2, 0.25) is 0 Å². The molecule has 5 heteroatoms. The zero-order valence-electron chi connectivity index (χ0n) is 13.6. The van der Waals surface area contributed by atoms with E-state index in [0.717, 1.165) is 30.8 Å². The Bertz CT molecular complexity index is 489. The van der Waals surface area contributed by atoms with Crippen molar-refractivity contribution in [3.05, 3.63) is 23.3 Å². The fourth-order valence-corrected chi connectivity index (χ4v) is 3.32. The first-order valence-corrected chi connectivity index (χ1v) is 7.78. The number of amides is 1. The highest BCUT2D eigenvalue weighted by Crippen LogP contribution is 2.33. The normalized spacial score (nSPS) is 17.2. The van der Waals surface area contributed by atoms with Gasteiger partial charge in [-0.05, 0) is 40.3 Å². The zero-order chi connectivity index (χ0) is 15.5. The van der Waals surface area contributed by atoms with Crippen LogP contribution in [-0.4, -0.2) is 46.5 Å². The second-order valence-electron chi connectivity index (χ2n) is 6.05. The molecule has 1 heterocycles. The fraction of sp³-hybridized carbons (Fsp3) is 0.688. The van der Waals surface area contributed by atoms with E-state index in [-0.39, 0.29) is 11.4 Å². The van der Waals surface area contributed by atoms with E-state index in [2.05, 4.69) is 34.2 Å². The molecular formula is C16H26N4O. The maximum atomic E-state index is 12.5. The third-order valence-corrected chi connectivity index (χ3v) is 4.85. The first-order valence-electron chi connectivity index (χ1n) is 7.78. The highest BCUT2D eigenvalue weighted by Gasteiger charge is 2.37. The van der Waals surface area contributed by atoms with Crippen LogP contribution in [0.25, 0.3) is 0 Å². The van der Waals surface area contributed by atoms with Gasteiger partial charge in [0.15, 0.2) is 0 Å². The van der Waals surface area contributed by atoms with Crippen molar-refractivity contribution in [2.45, 2.75) is 52.0 Å². The molecule has 0 spiro atoms. The second kappa shape index (κ2) is 6.52. The highest BCUT2D eigenvalue weighted by molar-refractivity contribution is 5.96. The van der Waals surface area contributed by atoms with Crippen LogP contribution < -0.4 is 5.32 Å². The molecule has 1 saturated carbocycles. The average Bonchev–Trinajstić information content (AvgIpc) is 2.94. The molecule has 0 aliphatic heterocycles. The maximum absolute atomic E-state index is 12.5. The summed E-state index contributed by atoms with van der Waals surface area (Å²) >= 11 is 0. The number of carbonyl (C=O) groups is 1. The Hall–Kier alpha value is -1.49. The van der Waals surface area contributed by atoms with Crippen molar-refractivity contribution < 1.29 is 4.79 Å². The van der Waals surface area contributed by atoms with Gasteiger partial charge < -0.3 is 5.32 Å². The minimum Gasteiger partial charge on any atom is -0.350 e. The second-order valence-corrected chi connectivity index (χ2v) is 6.05. The van der Waals surface area contributed by atoms with Crippen LogP contribution >= 0.6 is 0 Å². The Morgan fingerprint density at radius 3 is 2.38 bits per heavy atom. The fourth-order valence-electron chi connectivity index (χ4n) is 3.32. The molecule has 0 radical (unpaired) electrons. The number of hydrogen-bond acceptors (Lipinski definition) is 4. The molecule has 1 fully saturated rings. The standard InChI is InChI=1S/C16H26N4O/c1-5-20(4)16(8-6-7-9-16)10-17-15(21)14-12(2)18-11-19-13(14)3/h11H,5-10H2,1-4H3,(H,17,21). The van der Waals surface area contributed by atoms with E-state index in [4.69, 9.17) is 0 Å². The zero-order valence-corrected chi connectivity index (χ0v) is 13.6. The van der Waals surface area contributed by atoms with Gasteiger partial charge in [-0.25, -0.2) is 9.97 Å². The van der Waals surface area contributed by atoms with Crippen LogP contribution in [-0.2, 0) is 0 Å². The quantitative estimate of drug-likeness (QED) is 0.902. The average molecular weight is 290 g/mol. The molecular weight excluding hydrogens is 264 g/mol. The molecule has 0 bridgehead atoms. The number of nitrogens with one attached hydrogen (secondary N) is 1. The van der Waals surface area contributed by atoms with Gasteiger partial charge in [0, 0.05) is 12.1 Å². The molecule has 1 amide bonds. The molecule has 1 aliphatic carbocycles. The maximum Gasteiger partial charge on any atom is 0.255 e. The summed E-state index contributed by atoms with van der Waals surface area (Å²) in [5, 5.41) is 3.12. The number of carbonyl (C=O) groups excluding carboxylic acids is 1. The lowest BCUT2D eigenvalue weighted by molar-refractivity contribution is 0.0872. The van der Waals surface area contributed by atoms with Crippen LogP contribution in [0.1, 0.15) is 54.4 Å². The summed E-state index contributed by atoms with van der Waals surface area (Å²) in [4.78, 5) is 23.1. The van der Waals surface area contributed by atoms with Crippen molar-refractivity contribution in [3.63, 3.8) is 0 Å². The molecule has 0 unspecified atom stereocenters. The largest absolute Gasteiger partial charge is 0.350 e. The summed E-state index contributed by atoms with van der Waals surface area (Å²) in [6.07, 6.45) is 6.30. The highest BCUT2D eigenvalue weighted by atomic mass is 16.1. The van der Waals surface area contributed by atoms with Crippen LogP contribution in [0.3, 0.4) is 0 Å². The van der Waals surface area contributed by atoms with E-state index in [0.29, 0.717) is 12.1 Å². The lowest BCUT2D eigenvalue weighted by Gasteiger charge is -2.38. The molecule has 5 nitrogen and oxygen atoms in total. The Balaban J connectivity index is 2.09. The van der Waals surface area contributed by atoms with Gasteiger partial charge in [0.05, 0.1) is 17.0 Å². The molecule has 0 aromatic carbocycles. The minimum absolute atomic E-state index is 0.0543. The summed E-state index contributed by atoms with van der Waals surface area (Å²) in [5.41, 5.74) is 2.21. The molecule has 21 heavy (non-hydrogen) atoms. The summed E-state index contributed by atoms with van der Waals surface area (Å²) in [7, 11) is 2.15. The summed E-state index contributed by atoms with van der Waals surface area (Å²) < 4.78 is 0. The number of likely N-dealkylation sites (N-methyl/N-ethyl adjacent to an activating group) is 1. The van der Waals surface area contributed by atoms with E-state index in [9.17, 15) is 4.79 Å². The molecule has 1 N–H and O–H groups in total. The van der Waals surface area contributed by atoms with Gasteiger partial charge in [-0.3, -0.25) is 9.69 Å². The van der Waals surface area contributed by atoms with E-state index in [1.54, 1.807) is 0 Å². The Morgan fingerprint density at radius 2 is 1.86 bits per heavy atom. The third-order valence-electron chi connectivity index (χ3n) is 4.85. The summed E-state index contributed by atoms with van der Waals surface area (Å²) in [6.45, 7) is 7.58. The van der Waals surface area contributed by atoms with E-state index < -0.39 is 0 Å². The Morgan fingerprint density at radius 1 is 1.29 bits per heavy atom. The monoisotopic (exact) mass is 290 g/mol. The van der Waals surface area contributed by atoms with Crippen molar-refractivity contribution >= 4 is 5.91 Å². The van der Waals surface area contributed by atoms with Gasteiger partial charge in [-0.15, -0.1) is 0 Å². The first-order chi connectivity index (χ1) is 10.00. The summed E-state index contributed by atoms with van der Waals surface area (Å²) in [5.74, 6) is -0.0543. The topological polar surface area (TPSA) is 58.1 Å². The SMILES string of the molecule is CCN(C)C1(CNC(=O)c2c(C)ncnc2C)CCCC1. The predicted molar refractivity (Wildman–Crippen MR) is 83.3 cm³/mol. The van der Waals surface area contributed by atoms with Gasteiger partial charge in [-0.2, -0.15) is 0 Å². The van der Waals surface area contributed by atoms with E-state index in [1.807, 2.05) is 13.8 Å². The Kier molecular flexibility index (Phi) is 4.93. The van der Waals surface area contributed by atoms with Crippen LogP contribution in [0, 0.1) is 13.8 Å². The minimum atomic E-state index is -0.0543. The molecule has 116 valence electrons. The van der Waals surface area contributed by atoms with Crippen molar-refractivity contribution in [3.8, 4) is 0 Å². The van der Waals surface area contributed by atoms with Crippen LogP contribution in [0.2, 0.25) is 0 Å². The van der Waals surface area contributed by atoms with Gasteiger partial charge in [-0.1, -0.05) is 19.8 Å². The predicted octanol–water partition coefficient (Wildman–Crippen LogP) is 2.09. The van der Waals surface area contributed by atoms with Gasteiger partial charge in [0.25, 0.3) is 5.91 Å². The molecule has 0 atom stereocenters. The molecule has 1 aromatic rings. The number of rotatable bonds is 5. The lowest BCUT2D eigenvalue weighted by atomic mass is 9.95. The Labute approximate surface area is 127 Å². The third kappa shape index (κ3) is 3.23. The number of hydrogen-bond donors (Lipinski definition) is 1. The van der Waals surface area contributed by atoms with Gasteiger partial charge in [0.1, 0.15) is 6.33 Å². The number of nitrogens with zero attached hydrogens (tertiary/aromatic N) is 3.